The molecule has 0 fully saturated rings. The molecule has 1 aromatic rings. The van der Waals surface area contributed by atoms with Gasteiger partial charge >= 0.3 is 57.4 Å². The van der Waals surface area contributed by atoms with Crippen molar-refractivity contribution < 1.29 is 65.7 Å². The van der Waals surface area contributed by atoms with Crippen molar-refractivity contribution in [2.45, 2.75) is 6.92 Å². The number of rotatable bonds is 2. The van der Waals surface area contributed by atoms with E-state index in [2.05, 4.69) is 12.4 Å². The van der Waals surface area contributed by atoms with Crippen molar-refractivity contribution in [3.8, 4) is 5.75 Å². The fourth-order valence-corrected chi connectivity index (χ4v) is 0.942. The first-order valence-corrected chi connectivity index (χ1v) is 3.99. The normalized spacial score (nSPS) is 8.67. The van der Waals surface area contributed by atoms with Gasteiger partial charge in [0.1, 0.15) is 5.75 Å². The number of carbonyl (C=O) groups is 2. The smallest absolute Gasteiger partial charge is 0.504 e. The van der Waals surface area contributed by atoms with Gasteiger partial charge in [0.25, 0.3) is 0 Å². The average Bonchev–Trinajstić information content (AvgIpc) is 2.17. The summed E-state index contributed by atoms with van der Waals surface area (Å²) in [5.74, 6) is -0.253. The summed E-state index contributed by atoms with van der Waals surface area (Å²) in [4.78, 5) is 21.6. The Morgan fingerprint density at radius 1 is 1.27 bits per heavy atom. The van der Waals surface area contributed by atoms with Gasteiger partial charge in [-0.3, -0.25) is 16.6 Å². The first-order valence-electron chi connectivity index (χ1n) is 3.99. The zero-order valence-electron chi connectivity index (χ0n) is 8.74. The molecule has 15 heavy (non-hydrogen) atoms. The van der Waals surface area contributed by atoms with Crippen LogP contribution in [0.15, 0.2) is 24.3 Å². The third-order valence-corrected chi connectivity index (χ3v) is 1.54. The number of hydrogen-bond acceptors (Lipinski definition) is 3. The fraction of sp³-hybridized carbons (Fsp3) is 0.100. The van der Waals surface area contributed by atoms with E-state index in [4.69, 9.17) is 4.74 Å². The van der Waals surface area contributed by atoms with Gasteiger partial charge in [0.05, 0.1) is 0 Å². The van der Waals surface area contributed by atoms with E-state index >= 15 is 0 Å². The zero-order chi connectivity index (χ0) is 10.6. The first kappa shape index (κ1) is 14.8. The Morgan fingerprint density at radius 2 is 1.80 bits per heavy atom. The second-order valence-electron chi connectivity index (χ2n) is 2.62. The third kappa shape index (κ3) is 4.90. The summed E-state index contributed by atoms with van der Waals surface area (Å²) in [5.41, 5.74) is 0.468. The molecular weight excluding hydrogens is 221 g/mol. The summed E-state index contributed by atoms with van der Waals surface area (Å²) in [6.07, 6.45) is 0. The Balaban J connectivity index is 0.00000196. The largest absolute Gasteiger partial charge is 1.00 e. The number of nitrogens with one attached hydrogen (secondary N) is 1. The van der Waals surface area contributed by atoms with Gasteiger partial charge in [-0.1, -0.05) is 0 Å². The first-order chi connectivity index (χ1) is 6.63. The summed E-state index contributed by atoms with van der Waals surface area (Å²) in [5, 5.41) is 2.24. The van der Waals surface area contributed by atoms with E-state index in [0.717, 1.165) is 0 Å². The quantitative estimate of drug-likeness (QED) is 0.281. The zero-order valence-corrected chi connectivity index (χ0v) is 11.9. The van der Waals surface area contributed by atoms with Crippen molar-refractivity contribution in [2.75, 3.05) is 0 Å². The minimum Gasteiger partial charge on any atom is -0.504 e. The van der Waals surface area contributed by atoms with Crippen LogP contribution < -0.4 is 61.4 Å². The number of carbonyl (C=O) groups excluding carboxylic acids is 2. The van der Waals surface area contributed by atoms with Gasteiger partial charge < -0.3 is 10.1 Å². The van der Waals surface area contributed by atoms with Gasteiger partial charge in [-0.05, 0) is 24.3 Å². The predicted octanol–water partition coefficient (Wildman–Crippen LogP) is -1.86. The van der Waals surface area contributed by atoms with Gasteiger partial charge in [0.2, 0.25) is 5.91 Å². The van der Waals surface area contributed by atoms with Gasteiger partial charge in [0, 0.05) is 12.5 Å². The number of amides is 1. The molecule has 1 N–H and O–H groups in total. The van der Waals surface area contributed by atoms with E-state index in [1.807, 2.05) is 0 Å². The Kier molecular flexibility index (Phi) is 7.04. The predicted molar refractivity (Wildman–Crippen MR) is 50.6 cm³/mol. The number of esters is 1. The molecule has 0 aliphatic rings. The Hall–Kier alpha value is -0.204. The maximum atomic E-state index is 11.1. The fourth-order valence-electron chi connectivity index (χ4n) is 0.942. The maximum Gasteiger partial charge on any atom is 1.00 e. The Bertz CT molecular complexity index is 348. The monoisotopic (exact) mass is 231 g/mol. The topological polar surface area (TPSA) is 55.4 Å². The van der Waals surface area contributed by atoms with Crippen LogP contribution in [0, 0.1) is 7.05 Å². The number of ether oxygens (including phenoxy) is 1. The summed E-state index contributed by atoms with van der Waals surface area (Å²) < 4.78 is 4.80. The summed E-state index contributed by atoms with van der Waals surface area (Å²) in [6, 6.07) is 6.20. The average molecular weight is 231 g/mol. The van der Waals surface area contributed by atoms with Gasteiger partial charge in [0.15, 0.2) is 0 Å². The molecule has 0 atom stereocenters. The summed E-state index contributed by atoms with van der Waals surface area (Å²) in [6.45, 7) is 1.32. The Labute approximate surface area is 131 Å². The molecule has 0 radical (unpaired) electrons. The van der Waals surface area contributed by atoms with Crippen LogP contribution in [0.5, 0.6) is 5.75 Å². The molecule has 0 unspecified atom stereocenters. The summed E-state index contributed by atoms with van der Waals surface area (Å²) in [7, 11) is 3.25. The van der Waals surface area contributed by atoms with Crippen LogP contribution in [0.2, 0.25) is 0 Å². The molecule has 74 valence electrons. The summed E-state index contributed by atoms with van der Waals surface area (Å²) >= 11 is 0. The van der Waals surface area contributed by atoms with Crippen LogP contribution in [0.4, 0.5) is 0 Å². The van der Waals surface area contributed by atoms with E-state index in [1.165, 1.54) is 6.92 Å². The molecule has 0 aliphatic heterocycles. The van der Waals surface area contributed by atoms with Gasteiger partial charge in [-0.2, -0.15) is 0 Å². The van der Waals surface area contributed by atoms with Crippen LogP contribution in [0.3, 0.4) is 0 Å². The van der Waals surface area contributed by atoms with E-state index in [-0.39, 0.29) is 63.3 Å². The maximum absolute atomic E-state index is 11.1. The van der Waals surface area contributed by atoms with Gasteiger partial charge in [-0.25, -0.2) is 0 Å². The molecule has 0 aromatic heterocycles. The molecular formula is C10H10KNO3. The molecule has 5 heteroatoms. The van der Waals surface area contributed by atoms with Crippen LogP contribution in [-0.4, -0.2) is 11.9 Å². The van der Waals surface area contributed by atoms with Crippen LogP contribution in [-0.2, 0) is 4.79 Å². The molecule has 0 bridgehead atoms. The molecule has 1 rings (SSSR count). The van der Waals surface area contributed by atoms with E-state index in [1.54, 1.807) is 24.3 Å². The molecule has 0 saturated heterocycles. The van der Waals surface area contributed by atoms with Crippen molar-refractivity contribution >= 4 is 11.9 Å². The molecule has 1 aromatic carbocycles. The van der Waals surface area contributed by atoms with Crippen molar-refractivity contribution in [1.29, 1.82) is 0 Å². The van der Waals surface area contributed by atoms with Crippen molar-refractivity contribution in [2.24, 2.45) is 0 Å². The number of benzene rings is 1. The minimum atomic E-state index is -0.389. The third-order valence-electron chi connectivity index (χ3n) is 1.54. The SMILES string of the molecule is [CH2-]NC(=O)c1ccc(OC(C)=O)cc1.[K+]. The Morgan fingerprint density at radius 3 is 2.20 bits per heavy atom. The van der Waals surface area contributed by atoms with E-state index < -0.39 is 0 Å². The van der Waals surface area contributed by atoms with Crippen LogP contribution >= 0.6 is 0 Å². The molecule has 0 heterocycles. The van der Waals surface area contributed by atoms with E-state index in [9.17, 15) is 9.59 Å². The molecule has 0 spiro atoms. The molecule has 1 amide bonds. The second kappa shape index (κ2) is 7.13. The van der Waals surface area contributed by atoms with Crippen LogP contribution in [0.25, 0.3) is 0 Å². The van der Waals surface area contributed by atoms with Crippen LogP contribution in [0.1, 0.15) is 17.3 Å². The second-order valence-corrected chi connectivity index (χ2v) is 2.62. The molecule has 0 aliphatic carbocycles. The van der Waals surface area contributed by atoms with Crippen molar-refractivity contribution in [3.05, 3.63) is 36.9 Å². The molecule has 4 nitrogen and oxygen atoms in total. The van der Waals surface area contributed by atoms with Crippen molar-refractivity contribution in [3.63, 3.8) is 0 Å². The van der Waals surface area contributed by atoms with E-state index in [0.29, 0.717) is 11.3 Å². The standard InChI is InChI=1S/C10H10NO3.K/c1-7(12)14-9-5-3-8(4-6-9)10(13)11-2;/h3-6H,2H2,1H3,(H,11,13);/q-1;+1. The number of hydrogen-bond donors (Lipinski definition) is 1. The molecule has 0 saturated carbocycles. The van der Waals surface area contributed by atoms with Gasteiger partial charge in [-0.15, -0.1) is 0 Å². The minimum absolute atomic E-state index is 0. The van der Waals surface area contributed by atoms with Crippen molar-refractivity contribution in [1.82, 2.24) is 5.32 Å².